The van der Waals surface area contributed by atoms with Gasteiger partial charge in [0.1, 0.15) is 15.6 Å². The second kappa shape index (κ2) is 10.2. The second-order valence-electron chi connectivity index (χ2n) is 8.33. The molecule has 182 valence electrons. The molecule has 1 aliphatic heterocycles. The van der Waals surface area contributed by atoms with Crippen LogP contribution in [0.25, 0.3) is 15.1 Å². The van der Waals surface area contributed by atoms with Crippen molar-refractivity contribution in [1.82, 2.24) is 14.8 Å². The highest BCUT2D eigenvalue weighted by Gasteiger charge is 2.25. The zero-order valence-corrected chi connectivity index (χ0v) is 21.4. The van der Waals surface area contributed by atoms with Crippen LogP contribution in [0.3, 0.4) is 0 Å². The number of likely N-dealkylation sites (N-methyl/N-ethyl adjacent to an activating group) is 1. The lowest BCUT2D eigenvalue weighted by atomic mass is 10.0. The number of hydrogen-bond donors (Lipinski definition) is 2. The van der Waals surface area contributed by atoms with Crippen LogP contribution in [0.1, 0.15) is 40.2 Å². The molecule has 3 aromatic heterocycles. The number of thiophene rings is 2. The predicted octanol–water partition coefficient (Wildman–Crippen LogP) is 5.63. The summed E-state index contributed by atoms with van der Waals surface area (Å²) in [6.45, 7) is 7.65. The largest absolute Gasteiger partial charge is 0.462 e. The summed E-state index contributed by atoms with van der Waals surface area (Å²) >= 11 is 3.18. The number of nitrogens with one attached hydrogen (secondary N) is 2. The van der Waals surface area contributed by atoms with Gasteiger partial charge in [-0.05, 0) is 43.7 Å². The molecule has 2 N–H and O–H groups in total. The highest BCUT2D eigenvalue weighted by molar-refractivity contribution is 7.23. The van der Waals surface area contributed by atoms with Gasteiger partial charge in [-0.1, -0.05) is 25.1 Å². The Bertz CT molecular complexity index is 1360. The summed E-state index contributed by atoms with van der Waals surface area (Å²) in [6, 6.07) is 11.3. The normalized spacial score (nSPS) is 13.5. The number of anilines is 1. The van der Waals surface area contributed by atoms with Crippen molar-refractivity contribution in [3.63, 3.8) is 0 Å². The zero-order valence-electron chi connectivity index (χ0n) is 19.8. The molecule has 0 saturated heterocycles. The van der Waals surface area contributed by atoms with Gasteiger partial charge in [0.05, 0.1) is 6.61 Å². The molecule has 0 atom stereocenters. The van der Waals surface area contributed by atoms with E-state index >= 15 is 0 Å². The van der Waals surface area contributed by atoms with Crippen LogP contribution in [-0.4, -0.2) is 41.2 Å². The molecule has 4 aromatic rings. The van der Waals surface area contributed by atoms with Gasteiger partial charge in [-0.15, -0.1) is 22.7 Å². The summed E-state index contributed by atoms with van der Waals surface area (Å²) in [5.41, 5.74) is 2.91. The van der Waals surface area contributed by atoms with Crippen LogP contribution >= 0.6 is 22.7 Å². The van der Waals surface area contributed by atoms with Crippen molar-refractivity contribution >= 4 is 49.8 Å². The van der Waals surface area contributed by atoms with Crippen LogP contribution in [0.2, 0.25) is 0 Å². The quantitative estimate of drug-likeness (QED) is 0.317. The van der Waals surface area contributed by atoms with Crippen molar-refractivity contribution in [2.24, 2.45) is 0 Å². The molecule has 0 bridgehead atoms. The minimum atomic E-state index is -0.428. The average molecular weight is 509 g/mol. The third-order valence-electron chi connectivity index (χ3n) is 6.24. The first kappa shape index (κ1) is 23.6. The Kier molecular flexibility index (Phi) is 6.90. The van der Waals surface area contributed by atoms with Crippen molar-refractivity contribution in [2.75, 3.05) is 25.0 Å². The standard InChI is InChI=1S/C26H28N4O3S2/c1-3-29-14-11-17-19(24(35-21(17)16-29)30-12-7-8-13-30)15-27-26(32)28-23-22(25(31)33-4-2)18-9-5-6-10-20(18)34-23/h5-10,12-13H,3-4,11,14-16H2,1-2H3,(H2,27,28,32). The van der Waals surface area contributed by atoms with Gasteiger partial charge in [-0.2, -0.15) is 0 Å². The fourth-order valence-corrected chi connectivity index (χ4v) is 6.95. The molecular formula is C26H28N4O3S2. The highest BCUT2D eigenvalue weighted by Crippen LogP contribution is 2.37. The first-order chi connectivity index (χ1) is 17.1. The van der Waals surface area contributed by atoms with Gasteiger partial charge in [0.25, 0.3) is 0 Å². The van der Waals surface area contributed by atoms with E-state index in [9.17, 15) is 9.59 Å². The average Bonchev–Trinajstić information content (AvgIpc) is 3.59. The molecule has 0 fully saturated rings. The third kappa shape index (κ3) is 4.71. The number of fused-ring (bicyclic) bond motifs is 2. The summed E-state index contributed by atoms with van der Waals surface area (Å²) in [5.74, 6) is -0.428. The maximum Gasteiger partial charge on any atom is 0.341 e. The van der Waals surface area contributed by atoms with Gasteiger partial charge in [0, 0.05) is 52.6 Å². The number of rotatable bonds is 7. The summed E-state index contributed by atoms with van der Waals surface area (Å²) < 4.78 is 8.31. The first-order valence-corrected chi connectivity index (χ1v) is 13.4. The van der Waals surface area contributed by atoms with E-state index in [4.69, 9.17) is 4.74 Å². The number of ether oxygens (including phenoxy) is 1. The number of benzene rings is 1. The van der Waals surface area contributed by atoms with E-state index < -0.39 is 5.97 Å². The molecular weight excluding hydrogens is 480 g/mol. The first-order valence-electron chi connectivity index (χ1n) is 11.8. The van der Waals surface area contributed by atoms with Crippen molar-refractivity contribution in [3.8, 4) is 5.00 Å². The summed E-state index contributed by atoms with van der Waals surface area (Å²) in [5, 5.41) is 8.38. The molecule has 9 heteroatoms. The topological polar surface area (TPSA) is 75.6 Å². The van der Waals surface area contributed by atoms with Gasteiger partial charge in [0.15, 0.2) is 0 Å². The van der Waals surface area contributed by atoms with E-state index in [2.05, 4.69) is 27.0 Å². The Morgan fingerprint density at radius 3 is 2.66 bits per heavy atom. The Hall–Kier alpha value is -3.14. The highest BCUT2D eigenvalue weighted by atomic mass is 32.1. The number of carbonyl (C=O) groups excluding carboxylic acids is 2. The smallest absolute Gasteiger partial charge is 0.341 e. The fraction of sp³-hybridized carbons (Fsp3) is 0.308. The monoisotopic (exact) mass is 508 g/mol. The fourth-order valence-electron chi connectivity index (χ4n) is 4.49. The van der Waals surface area contributed by atoms with Crippen LogP contribution in [0, 0.1) is 0 Å². The van der Waals surface area contributed by atoms with E-state index in [0.29, 0.717) is 17.1 Å². The molecule has 1 aromatic carbocycles. The molecule has 35 heavy (non-hydrogen) atoms. The SMILES string of the molecule is CCOC(=O)c1c(NC(=O)NCc2c(-n3cccc3)sc3c2CCN(CC)C3)sc2ccccc12. The lowest BCUT2D eigenvalue weighted by Crippen LogP contribution is -2.31. The lowest BCUT2D eigenvalue weighted by molar-refractivity contribution is 0.0530. The number of urea groups is 1. The predicted molar refractivity (Wildman–Crippen MR) is 142 cm³/mol. The van der Waals surface area contributed by atoms with Gasteiger partial charge < -0.3 is 14.6 Å². The minimum absolute atomic E-state index is 0.273. The second-order valence-corrected chi connectivity index (χ2v) is 10.5. The zero-order chi connectivity index (χ0) is 24.4. The van der Waals surface area contributed by atoms with Gasteiger partial charge in [-0.3, -0.25) is 10.2 Å². The van der Waals surface area contributed by atoms with E-state index in [1.807, 2.05) is 48.8 Å². The minimum Gasteiger partial charge on any atom is -0.462 e. The number of nitrogens with zero attached hydrogens (tertiary/aromatic N) is 2. The number of aromatic nitrogens is 1. The number of hydrogen-bond acceptors (Lipinski definition) is 6. The maximum absolute atomic E-state index is 13.0. The van der Waals surface area contributed by atoms with Crippen LogP contribution in [-0.2, 0) is 24.2 Å². The van der Waals surface area contributed by atoms with Crippen LogP contribution in [0.15, 0.2) is 48.8 Å². The molecule has 7 nitrogen and oxygen atoms in total. The molecule has 4 heterocycles. The van der Waals surface area contributed by atoms with E-state index in [-0.39, 0.29) is 12.6 Å². The number of esters is 1. The maximum atomic E-state index is 13.0. The number of carbonyl (C=O) groups is 2. The number of amides is 2. The molecule has 5 rings (SSSR count). The molecule has 0 spiro atoms. The molecule has 2 amide bonds. The molecule has 1 aliphatic rings. The van der Waals surface area contributed by atoms with Crippen molar-refractivity contribution in [1.29, 1.82) is 0 Å². The van der Waals surface area contributed by atoms with Crippen LogP contribution < -0.4 is 10.6 Å². The van der Waals surface area contributed by atoms with Crippen molar-refractivity contribution in [3.05, 3.63) is 70.4 Å². The molecule has 0 unspecified atom stereocenters. The van der Waals surface area contributed by atoms with Crippen LogP contribution in [0.5, 0.6) is 0 Å². The van der Waals surface area contributed by atoms with E-state index in [0.717, 1.165) is 46.7 Å². The molecule has 0 radical (unpaired) electrons. The Labute approximate surface area is 212 Å². The van der Waals surface area contributed by atoms with Gasteiger partial charge in [-0.25, -0.2) is 9.59 Å². The molecule has 0 aliphatic carbocycles. The Morgan fingerprint density at radius 2 is 1.89 bits per heavy atom. The van der Waals surface area contributed by atoms with Gasteiger partial charge >= 0.3 is 12.0 Å². The Morgan fingerprint density at radius 1 is 1.09 bits per heavy atom. The Balaban J connectivity index is 1.38. The summed E-state index contributed by atoms with van der Waals surface area (Å²) in [4.78, 5) is 29.5. The molecule has 0 saturated carbocycles. The van der Waals surface area contributed by atoms with Crippen molar-refractivity contribution in [2.45, 2.75) is 33.4 Å². The summed E-state index contributed by atoms with van der Waals surface area (Å²) in [7, 11) is 0. The van der Waals surface area contributed by atoms with E-state index in [1.54, 1.807) is 18.3 Å². The third-order valence-corrected chi connectivity index (χ3v) is 8.60. The van der Waals surface area contributed by atoms with Gasteiger partial charge in [0.2, 0.25) is 0 Å². The van der Waals surface area contributed by atoms with E-state index in [1.165, 1.54) is 21.8 Å². The van der Waals surface area contributed by atoms with Crippen molar-refractivity contribution < 1.29 is 14.3 Å². The lowest BCUT2D eigenvalue weighted by Gasteiger charge is -2.25. The van der Waals surface area contributed by atoms with Crippen LogP contribution in [0.4, 0.5) is 9.80 Å². The summed E-state index contributed by atoms with van der Waals surface area (Å²) in [6.07, 6.45) is 5.06.